The van der Waals surface area contributed by atoms with Gasteiger partial charge < -0.3 is 4.74 Å². The van der Waals surface area contributed by atoms with E-state index < -0.39 is 0 Å². The molecule has 3 nitrogen and oxygen atoms in total. The van der Waals surface area contributed by atoms with Gasteiger partial charge in [0.1, 0.15) is 5.75 Å². The molecule has 0 bridgehead atoms. The molecule has 0 amide bonds. The normalized spacial score (nSPS) is 9.79. The van der Waals surface area contributed by atoms with Gasteiger partial charge in [-0.15, -0.1) is 5.10 Å². The van der Waals surface area contributed by atoms with Crippen LogP contribution >= 0.6 is 0 Å². The highest BCUT2D eigenvalue weighted by molar-refractivity contribution is 5.30. The Kier molecular flexibility index (Phi) is 2.40. The van der Waals surface area contributed by atoms with Crippen LogP contribution in [0.2, 0.25) is 0 Å². The van der Waals surface area contributed by atoms with E-state index in [-0.39, 0.29) is 0 Å². The highest BCUT2D eigenvalue weighted by atomic mass is 16.5. The molecular weight excluding hydrogens is 176 g/mol. The van der Waals surface area contributed by atoms with Gasteiger partial charge in [-0.2, -0.15) is 5.10 Å². The van der Waals surface area contributed by atoms with E-state index in [1.807, 2.05) is 31.2 Å². The van der Waals surface area contributed by atoms with Crippen LogP contribution in [0, 0.1) is 6.92 Å². The molecule has 0 N–H and O–H groups in total. The second-order valence-corrected chi connectivity index (χ2v) is 2.98. The molecule has 3 heteroatoms. The summed E-state index contributed by atoms with van der Waals surface area (Å²) in [5.74, 6) is 1.30. The number of hydrogen-bond acceptors (Lipinski definition) is 3. The van der Waals surface area contributed by atoms with Gasteiger partial charge in [-0.3, -0.25) is 0 Å². The van der Waals surface area contributed by atoms with E-state index >= 15 is 0 Å². The van der Waals surface area contributed by atoms with Gasteiger partial charge in [-0.1, -0.05) is 12.1 Å². The minimum atomic E-state index is 0.512. The van der Waals surface area contributed by atoms with Crippen LogP contribution in [0.25, 0.3) is 0 Å². The lowest BCUT2D eigenvalue weighted by Gasteiger charge is -2.03. The second kappa shape index (κ2) is 3.87. The van der Waals surface area contributed by atoms with Crippen molar-refractivity contribution in [3.05, 3.63) is 48.2 Å². The van der Waals surface area contributed by atoms with Gasteiger partial charge in [0.05, 0.1) is 0 Å². The Hall–Kier alpha value is -1.90. The quantitative estimate of drug-likeness (QED) is 0.723. The van der Waals surface area contributed by atoms with Crippen LogP contribution in [0.5, 0.6) is 11.6 Å². The van der Waals surface area contributed by atoms with Crippen molar-refractivity contribution in [2.45, 2.75) is 6.92 Å². The first kappa shape index (κ1) is 8.69. The lowest BCUT2D eigenvalue weighted by Crippen LogP contribution is -1.88. The van der Waals surface area contributed by atoms with Crippen molar-refractivity contribution in [3.8, 4) is 11.6 Å². The summed E-state index contributed by atoms with van der Waals surface area (Å²) in [6.45, 7) is 2.02. The van der Waals surface area contributed by atoms with Crippen molar-refractivity contribution in [1.82, 2.24) is 10.2 Å². The Balaban J connectivity index is 2.19. The number of aromatic nitrogens is 2. The van der Waals surface area contributed by atoms with Gasteiger partial charge in [0.25, 0.3) is 0 Å². The first-order chi connectivity index (χ1) is 6.84. The molecular formula is C11H10N2O. The van der Waals surface area contributed by atoms with E-state index in [4.69, 9.17) is 4.74 Å². The molecule has 14 heavy (non-hydrogen) atoms. The molecule has 1 aromatic carbocycles. The van der Waals surface area contributed by atoms with Crippen molar-refractivity contribution in [2.75, 3.05) is 0 Å². The molecule has 0 unspecified atom stereocenters. The summed E-state index contributed by atoms with van der Waals surface area (Å²) in [4.78, 5) is 0. The van der Waals surface area contributed by atoms with Crippen LogP contribution in [0.3, 0.4) is 0 Å². The van der Waals surface area contributed by atoms with E-state index in [1.54, 1.807) is 18.3 Å². The van der Waals surface area contributed by atoms with Crippen molar-refractivity contribution < 1.29 is 4.74 Å². The topological polar surface area (TPSA) is 35.0 Å². The fraction of sp³-hybridized carbons (Fsp3) is 0.0909. The average Bonchev–Trinajstić information content (AvgIpc) is 2.19. The predicted octanol–water partition coefficient (Wildman–Crippen LogP) is 2.58. The third-order valence-electron chi connectivity index (χ3n) is 1.76. The van der Waals surface area contributed by atoms with Crippen LogP contribution in [0.1, 0.15) is 5.56 Å². The van der Waals surface area contributed by atoms with Crippen LogP contribution in [-0.4, -0.2) is 10.2 Å². The third-order valence-corrected chi connectivity index (χ3v) is 1.76. The Labute approximate surface area is 82.4 Å². The summed E-state index contributed by atoms with van der Waals surface area (Å²) in [5, 5.41) is 7.56. The molecule has 0 fully saturated rings. The van der Waals surface area contributed by atoms with Gasteiger partial charge in [-0.05, 0) is 30.7 Å². The van der Waals surface area contributed by atoms with E-state index in [0.717, 1.165) is 11.3 Å². The summed E-state index contributed by atoms with van der Waals surface area (Å²) in [5.41, 5.74) is 1.16. The number of hydrogen-bond donors (Lipinski definition) is 0. The van der Waals surface area contributed by atoms with Crippen LogP contribution < -0.4 is 4.74 Å². The molecule has 70 valence electrons. The molecule has 2 aromatic rings. The molecule has 0 radical (unpaired) electrons. The largest absolute Gasteiger partial charge is 0.438 e. The standard InChI is InChI=1S/C11H10N2O/c1-9-4-2-5-10(8-9)14-11-6-3-7-12-13-11/h2-8H,1H3. The molecule has 0 aliphatic rings. The van der Waals surface area contributed by atoms with Crippen molar-refractivity contribution in [1.29, 1.82) is 0 Å². The van der Waals surface area contributed by atoms with Gasteiger partial charge >= 0.3 is 0 Å². The first-order valence-corrected chi connectivity index (χ1v) is 4.37. The average molecular weight is 186 g/mol. The van der Waals surface area contributed by atoms with Gasteiger partial charge in [-0.25, -0.2) is 0 Å². The van der Waals surface area contributed by atoms with E-state index in [9.17, 15) is 0 Å². The van der Waals surface area contributed by atoms with Crippen LogP contribution in [0.4, 0.5) is 0 Å². The summed E-state index contributed by atoms with van der Waals surface area (Å²) in [7, 11) is 0. The number of benzene rings is 1. The number of ether oxygens (including phenoxy) is 1. The SMILES string of the molecule is Cc1cccc(Oc2cccnn2)c1. The van der Waals surface area contributed by atoms with Crippen molar-refractivity contribution in [3.63, 3.8) is 0 Å². The maximum Gasteiger partial charge on any atom is 0.238 e. The highest BCUT2D eigenvalue weighted by Gasteiger charge is 1.97. The number of nitrogens with zero attached hydrogens (tertiary/aromatic N) is 2. The van der Waals surface area contributed by atoms with Crippen molar-refractivity contribution in [2.24, 2.45) is 0 Å². The lowest BCUT2D eigenvalue weighted by atomic mass is 10.2. The number of aryl methyl sites for hydroxylation is 1. The minimum absolute atomic E-state index is 0.512. The molecule has 1 heterocycles. The predicted molar refractivity (Wildman–Crippen MR) is 53.3 cm³/mol. The summed E-state index contributed by atoms with van der Waals surface area (Å²) in [6.07, 6.45) is 1.61. The second-order valence-electron chi connectivity index (χ2n) is 2.98. The molecule has 1 aromatic heterocycles. The molecule has 0 aliphatic heterocycles. The Morgan fingerprint density at radius 1 is 1.14 bits per heavy atom. The zero-order chi connectivity index (χ0) is 9.80. The smallest absolute Gasteiger partial charge is 0.238 e. The summed E-state index contributed by atoms with van der Waals surface area (Å²) >= 11 is 0. The van der Waals surface area contributed by atoms with Crippen molar-refractivity contribution >= 4 is 0 Å². The summed E-state index contributed by atoms with van der Waals surface area (Å²) < 4.78 is 5.49. The Morgan fingerprint density at radius 2 is 2.07 bits per heavy atom. The maximum atomic E-state index is 5.49. The third kappa shape index (κ3) is 2.07. The highest BCUT2D eigenvalue weighted by Crippen LogP contribution is 2.18. The molecule has 2 rings (SSSR count). The fourth-order valence-corrected chi connectivity index (χ4v) is 1.14. The molecule has 0 saturated heterocycles. The van der Waals surface area contributed by atoms with Gasteiger partial charge in [0.2, 0.25) is 5.88 Å². The molecule has 0 aliphatic carbocycles. The Morgan fingerprint density at radius 3 is 2.79 bits per heavy atom. The zero-order valence-corrected chi connectivity index (χ0v) is 7.84. The summed E-state index contributed by atoms with van der Waals surface area (Å²) in [6, 6.07) is 11.4. The first-order valence-electron chi connectivity index (χ1n) is 4.37. The van der Waals surface area contributed by atoms with E-state index in [0.29, 0.717) is 5.88 Å². The number of rotatable bonds is 2. The fourth-order valence-electron chi connectivity index (χ4n) is 1.14. The molecule has 0 atom stereocenters. The molecule has 0 spiro atoms. The maximum absolute atomic E-state index is 5.49. The van der Waals surface area contributed by atoms with Crippen LogP contribution in [-0.2, 0) is 0 Å². The van der Waals surface area contributed by atoms with E-state index in [1.165, 1.54) is 0 Å². The molecule has 0 saturated carbocycles. The zero-order valence-electron chi connectivity index (χ0n) is 7.84. The van der Waals surface area contributed by atoms with Gasteiger partial charge in [0, 0.05) is 12.3 Å². The monoisotopic (exact) mass is 186 g/mol. The minimum Gasteiger partial charge on any atom is -0.438 e. The van der Waals surface area contributed by atoms with Gasteiger partial charge in [0.15, 0.2) is 0 Å². The van der Waals surface area contributed by atoms with Crippen LogP contribution in [0.15, 0.2) is 42.6 Å². The lowest BCUT2D eigenvalue weighted by molar-refractivity contribution is 0.455. The van der Waals surface area contributed by atoms with E-state index in [2.05, 4.69) is 10.2 Å². The Bertz CT molecular complexity index is 415.